The van der Waals surface area contributed by atoms with E-state index in [1.54, 1.807) is 0 Å². The maximum Gasteiger partial charge on any atom is 0.0425 e. The molecule has 0 saturated carbocycles. The third kappa shape index (κ3) is 6.36. The molecule has 2 heterocycles. The molecule has 0 aromatic carbocycles. The normalized spacial score (nSPS) is 10.5. The Bertz CT molecular complexity index is 520. The Morgan fingerprint density at radius 3 is 1.62 bits per heavy atom. The van der Waals surface area contributed by atoms with Gasteiger partial charge in [-0.15, -0.1) is 0 Å². The number of nitrogens with zero attached hydrogens (tertiary/aromatic N) is 2. The van der Waals surface area contributed by atoms with Crippen LogP contribution in [0.1, 0.15) is 29.7 Å². The SMILES string of the molecule is Cc1cccc(CC(C)(N)Cc2cccc(C)n2)n1.N.[Fe]. The molecule has 5 N–H and O–H groups in total. The third-order valence-electron chi connectivity index (χ3n) is 3.06. The van der Waals surface area contributed by atoms with Crippen LogP contribution in [-0.4, -0.2) is 15.5 Å². The molecule has 0 unspecified atom stereocenters. The molecular formula is C16H24FeN4. The average molecular weight is 328 g/mol. The fourth-order valence-corrected chi connectivity index (χ4v) is 2.29. The van der Waals surface area contributed by atoms with Gasteiger partial charge in [-0.05, 0) is 45.0 Å². The fourth-order valence-electron chi connectivity index (χ4n) is 2.29. The van der Waals surface area contributed by atoms with Gasteiger partial charge in [0.1, 0.15) is 0 Å². The summed E-state index contributed by atoms with van der Waals surface area (Å²) in [6.07, 6.45) is 1.51. The number of rotatable bonds is 4. The number of hydrogen-bond acceptors (Lipinski definition) is 4. The monoisotopic (exact) mass is 328 g/mol. The molecule has 0 atom stereocenters. The molecule has 0 fully saturated rings. The molecule has 0 aliphatic carbocycles. The van der Waals surface area contributed by atoms with E-state index in [2.05, 4.69) is 16.9 Å². The summed E-state index contributed by atoms with van der Waals surface area (Å²) >= 11 is 0. The number of pyridine rings is 2. The van der Waals surface area contributed by atoms with Crippen molar-refractivity contribution in [2.45, 2.75) is 39.2 Å². The van der Waals surface area contributed by atoms with Crippen LogP contribution in [0.2, 0.25) is 0 Å². The second-order valence-corrected chi connectivity index (χ2v) is 5.55. The van der Waals surface area contributed by atoms with Gasteiger partial charge in [-0.2, -0.15) is 0 Å². The first kappa shape index (κ1) is 19.7. The van der Waals surface area contributed by atoms with E-state index in [4.69, 9.17) is 5.73 Å². The molecule has 0 spiro atoms. The Labute approximate surface area is 137 Å². The predicted octanol–water partition coefficient (Wildman–Crippen LogP) is 2.76. The number of nitrogens with two attached hydrogens (primary N) is 1. The Balaban J connectivity index is 0.00000200. The molecule has 0 amide bonds. The zero-order valence-electron chi connectivity index (χ0n) is 12.9. The molecule has 0 aliphatic heterocycles. The van der Waals surface area contributed by atoms with Crippen LogP contribution in [0.15, 0.2) is 36.4 Å². The van der Waals surface area contributed by atoms with Gasteiger partial charge >= 0.3 is 0 Å². The molecule has 4 nitrogen and oxygen atoms in total. The minimum absolute atomic E-state index is 0. The van der Waals surface area contributed by atoms with Gasteiger partial charge in [0.25, 0.3) is 0 Å². The molecule has 2 rings (SSSR count). The summed E-state index contributed by atoms with van der Waals surface area (Å²) < 4.78 is 0. The molecule has 5 heteroatoms. The maximum atomic E-state index is 6.40. The summed E-state index contributed by atoms with van der Waals surface area (Å²) in [5, 5.41) is 0. The van der Waals surface area contributed by atoms with Gasteiger partial charge < -0.3 is 11.9 Å². The summed E-state index contributed by atoms with van der Waals surface area (Å²) in [6.45, 7) is 6.06. The molecule has 0 radical (unpaired) electrons. The quantitative estimate of drug-likeness (QED) is 0.845. The maximum absolute atomic E-state index is 6.40. The van der Waals surface area contributed by atoms with Crippen molar-refractivity contribution in [1.29, 1.82) is 0 Å². The van der Waals surface area contributed by atoms with Crippen LogP contribution in [0.5, 0.6) is 0 Å². The van der Waals surface area contributed by atoms with Gasteiger partial charge in [0.05, 0.1) is 0 Å². The summed E-state index contributed by atoms with van der Waals surface area (Å²) in [5.74, 6) is 0. The minimum atomic E-state index is -0.332. The van der Waals surface area contributed by atoms with Crippen LogP contribution in [0.4, 0.5) is 0 Å². The zero-order valence-corrected chi connectivity index (χ0v) is 14.0. The number of aromatic nitrogens is 2. The molecule has 0 aliphatic rings. The molecule has 21 heavy (non-hydrogen) atoms. The molecular weight excluding hydrogens is 304 g/mol. The zero-order chi connectivity index (χ0) is 13.9. The molecule has 116 valence electrons. The second-order valence-electron chi connectivity index (χ2n) is 5.55. The van der Waals surface area contributed by atoms with E-state index in [0.717, 1.165) is 35.6 Å². The van der Waals surface area contributed by atoms with Gasteiger partial charge in [-0.1, -0.05) is 12.1 Å². The Morgan fingerprint density at radius 2 is 1.29 bits per heavy atom. The first-order chi connectivity index (χ1) is 8.94. The Hall–Kier alpha value is -1.26. The van der Waals surface area contributed by atoms with Crippen LogP contribution < -0.4 is 11.9 Å². The second kappa shape index (κ2) is 8.25. The van der Waals surface area contributed by atoms with Crippen LogP contribution in [0.25, 0.3) is 0 Å². The van der Waals surface area contributed by atoms with Crippen molar-refractivity contribution < 1.29 is 17.1 Å². The van der Waals surface area contributed by atoms with E-state index in [1.165, 1.54) is 0 Å². The predicted molar refractivity (Wildman–Crippen MR) is 83.0 cm³/mol. The molecule has 0 bridgehead atoms. The van der Waals surface area contributed by atoms with Crippen molar-refractivity contribution in [3.05, 3.63) is 59.2 Å². The summed E-state index contributed by atoms with van der Waals surface area (Å²) in [4.78, 5) is 9.03. The molecule has 0 saturated heterocycles. The smallest absolute Gasteiger partial charge is 0.0425 e. The van der Waals surface area contributed by atoms with Gasteiger partial charge in [0, 0.05) is 58.2 Å². The standard InChI is InChI=1S/C16H21N3.Fe.H3N/c1-12-6-4-8-14(18-12)10-16(3,17)11-15-9-5-7-13(2)19-15;;/h4-9H,10-11,17H2,1-3H3;;1H3. The average Bonchev–Trinajstić information content (AvgIpc) is 2.27. The summed E-state index contributed by atoms with van der Waals surface area (Å²) in [6, 6.07) is 12.1. The molecule has 2 aromatic heterocycles. The van der Waals surface area contributed by atoms with Crippen molar-refractivity contribution in [3.8, 4) is 0 Å². The van der Waals surface area contributed by atoms with Gasteiger partial charge in [-0.3, -0.25) is 9.97 Å². The van der Waals surface area contributed by atoms with E-state index >= 15 is 0 Å². The fraction of sp³-hybridized carbons (Fsp3) is 0.375. The van der Waals surface area contributed by atoms with Crippen LogP contribution in [-0.2, 0) is 29.9 Å². The van der Waals surface area contributed by atoms with Crippen molar-refractivity contribution in [3.63, 3.8) is 0 Å². The van der Waals surface area contributed by atoms with Crippen LogP contribution in [0.3, 0.4) is 0 Å². The van der Waals surface area contributed by atoms with E-state index in [9.17, 15) is 0 Å². The van der Waals surface area contributed by atoms with Gasteiger partial charge in [0.2, 0.25) is 0 Å². The van der Waals surface area contributed by atoms with Crippen LogP contribution >= 0.6 is 0 Å². The summed E-state index contributed by atoms with van der Waals surface area (Å²) in [5.41, 5.74) is 10.2. The van der Waals surface area contributed by atoms with Crippen LogP contribution in [0, 0.1) is 13.8 Å². The summed E-state index contributed by atoms with van der Waals surface area (Å²) in [7, 11) is 0. The van der Waals surface area contributed by atoms with E-state index in [1.807, 2.05) is 50.2 Å². The molecule has 2 aromatic rings. The van der Waals surface area contributed by atoms with Crippen molar-refractivity contribution in [1.82, 2.24) is 16.1 Å². The van der Waals surface area contributed by atoms with Crippen molar-refractivity contribution >= 4 is 0 Å². The largest absolute Gasteiger partial charge is 0.344 e. The first-order valence-electron chi connectivity index (χ1n) is 6.59. The third-order valence-corrected chi connectivity index (χ3v) is 3.06. The van der Waals surface area contributed by atoms with Crippen molar-refractivity contribution in [2.24, 2.45) is 5.73 Å². The Morgan fingerprint density at radius 1 is 0.905 bits per heavy atom. The number of aryl methyl sites for hydroxylation is 2. The van der Waals surface area contributed by atoms with E-state index in [-0.39, 0.29) is 28.8 Å². The number of hydrogen-bond donors (Lipinski definition) is 2. The van der Waals surface area contributed by atoms with E-state index in [0.29, 0.717) is 0 Å². The van der Waals surface area contributed by atoms with Gasteiger partial charge in [0.15, 0.2) is 0 Å². The minimum Gasteiger partial charge on any atom is -0.344 e. The Kier molecular flexibility index (Phi) is 7.75. The van der Waals surface area contributed by atoms with Gasteiger partial charge in [-0.25, -0.2) is 0 Å². The topological polar surface area (TPSA) is 86.8 Å². The van der Waals surface area contributed by atoms with Crippen molar-refractivity contribution in [2.75, 3.05) is 0 Å². The first-order valence-corrected chi connectivity index (χ1v) is 6.59. The van der Waals surface area contributed by atoms with E-state index < -0.39 is 0 Å².